The van der Waals surface area contributed by atoms with Crippen molar-refractivity contribution in [1.29, 1.82) is 5.26 Å². The highest BCUT2D eigenvalue weighted by molar-refractivity contribution is 9.10. The van der Waals surface area contributed by atoms with Gasteiger partial charge in [-0.25, -0.2) is 10.3 Å². The van der Waals surface area contributed by atoms with Gasteiger partial charge in [0, 0.05) is 22.9 Å². The van der Waals surface area contributed by atoms with Crippen LogP contribution in [0.1, 0.15) is 17.3 Å². The van der Waals surface area contributed by atoms with Crippen LogP contribution >= 0.6 is 39.1 Å². The number of halogens is 3. The number of nitrogens with two attached hydrogens (primary N) is 1. The maximum absolute atomic E-state index is 6.50. The summed E-state index contributed by atoms with van der Waals surface area (Å²) in [5.41, 5.74) is 8.61. The highest BCUT2D eigenvalue weighted by atomic mass is 79.9. The van der Waals surface area contributed by atoms with Crippen molar-refractivity contribution in [2.24, 2.45) is 10.7 Å². The minimum Gasteiger partial charge on any atom is -0.370 e. The van der Waals surface area contributed by atoms with Crippen LogP contribution in [0.15, 0.2) is 76.3 Å². The average Bonchev–Trinajstić information content (AvgIpc) is 2.72. The van der Waals surface area contributed by atoms with Crippen LogP contribution in [-0.4, -0.2) is 10.9 Å². The van der Waals surface area contributed by atoms with Crippen molar-refractivity contribution in [3.05, 3.63) is 92.6 Å². The third-order valence-electron chi connectivity index (χ3n) is 3.61. The highest BCUT2D eigenvalue weighted by Crippen LogP contribution is 2.27. The molecule has 0 aliphatic rings. The second kappa shape index (κ2) is 10.7. The van der Waals surface area contributed by atoms with Crippen molar-refractivity contribution in [3.63, 3.8) is 0 Å². The topological polar surface area (TPSA) is 87.1 Å². The normalized spacial score (nSPS) is 11.8. The first-order chi connectivity index (χ1) is 13.5. The summed E-state index contributed by atoms with van der Waals surface area (Å²) >= 11 is 15.4. The number of anilines is 1. The monoisotopic (exact) mass is 475 g/mol. The first-order valence-corrected chi connectivity index (χ1v) is 9.55. The molecule has 0 aliphatic carbocycles. The van der Waals surface area contributed by atoms with E-state index in [2.05, 4.69) is 37.8 Å². The second-order valence-corrected chi connectivity index (χ2v) is 7.21. The van der Waals surface area contributed by atoms with Gasteiger partial charge in [0.1, 0.15) is 6.04 Å². The zero-order valence-electron chi connectivity index (χ0n) is 14.6. The fourth-order valence-corrected chi connectivity index (χ4v) is 2.92. The number of benzene rings is 2. The molecule has 0 radical (unpaired) electrons. The van der Waals surface area contributed by atoms with Gasteiger partial charge in [-0.05, 0) is 51.8 Å². The van der Waals surface area contributed by atoms with Crippen LogP contribution in [0.3, 0.4) is 0 Å². The van der Waals surface area contributed by atoms with E-state index in [0.717, 1.165) is 15.7 Å². The fraction of sp³-hybridized carbons (Fsp3) is 0.0500. The van der Waals surface area contributed by atoms with Gasteiger partial charge in [-0.15, -0.1) is 0 Å². The minimum absolute atomic E-state index is 0.252. The second-order valence-electron chi connectivity index (χ2n) is 5.48. The molecule has 1 heterocycles. The predicted octanol–water partition coefficient (Wildman–Crippen LogP) is 5.81. The van der Waals surface area contributed by atoms with E-state index in [9.17, 15) is 0 Å². The maximum Gasteiger partial charge on any atom is 0.194 e. The zero-order valence-corrected chi connectivity index (χ0v) is 17.7. The summed E-state index contributed by atoms with van der Waals surface area (Å²) in [6.07, 6.45) is 1.74. The third kappa shape index (κ3) is 5.96. The Morgan fingerprint density at radius 3 is 2.39 bits per heavy atom. The average molecular weight is 477 g/mol. The smallest absolute Gasteiger partial charge is 0.194 e. The van der Waals surface area contributed by atoms with Gasteiger partial charge in [0.25, 0.3) is 0 Å². The molecule has 0 unspecified atom stereocenters. The summed E-state index contributed by atoms with van der Waals surface area (Å²) in [5, 5.41) is 10.5. The molecule has 0 saturated heterocycles. The fourth-order valence-electron chi connectivity index (χ4n) is 2.39. The number of aromatic nitrogens is 1. The Hall–Kier alpha value is -2.59. The lowest BCUT2D eigenvalue weighted by Gasteiger charge is -2.15. The number of hydrogen-bond donors (Lipinski definition) is 2. The van der Waals surface area contributed by atoms with Crippen LogP contribution in [-0.2, 0) is 0 Å². The number of hydrogen-bond acceptors (Lipinski definition) is 3. The lowest BCUT2D eigenvalue weighted by atomic mass is 10.0. The first kappa shape index (κ1) is 21.7. The lowest BCUT2D eigenvalue weighted by molar-refractivity contribution is 0.827. The molecule has 5 nitrogen and oxygen atoms in total. The molecular weight excluding hydrogens is 461 g/mol. The highest BCUT2D eigenvalue weighted by Gasteiger charge is 2.15. The quantitative estimate of drug-likeness (QED) is 0.367. The summed E-state index contributed by atoms with van der Waals surface area (Å²) < 4.78 is 0.902. The first-order valence-electron chi connectivity index (χ1n) is 8.00. The van der Waals surface area contributed by atoms with E-state index in [1.807, 2.05) is 42.5 Å². The number of rotatable bonds is 4. The molecule has 2 aromatic carbocycles. The lowest BCUT2D eigenvalue weighted by Crippen LogP contribution is -2.24. The van der Waals surface area contributed by atoms with Gasteiger partial charge in [0.15, 0.2) is 5.96 Å². The molecule has 0 spiro atoms. The molecule has 3 aromatic rings. The molecule has 3 N–H and O–H groups in total. The third-order valence-corrected chi connectivity index (χ3v) is 4.81. The number of aliphatic imine (C=N–C) groups is 1. The van der Waals surface area contributed by atoms with Gasteiger partial charge in [0.2, 0.25) is 0 Å². The zero-order chi connectivity index (χ0) is 20.5. The van der Waals surface area contributed by atoms with E-state index < -0.39 is 0 Å². The molecule has 0 fully saturated rings. The molecule has 0 saturated carbocycles. The van der Waals surface area contributed by atoms with Gasteiger partial charge in [-0.3, -0.25) is 4.98 Å². The van der Waals surface area contributed by atoms with Crippen molar-refractivity contribution >= 4 is 50.8 Å². The SMILES string of the molecule is C#N.NC(=N[C@@H](c1ccccc1)c1ccc(Br)cn1)Nc1ccc(Cl)c(Cl)c1. The summed E-state index contributed by atoms with van der Waals surface area (Å²) in [7, 11) is 0. The van der Waals surface area contributed by atoms with E-state index in [1.54, 1.807) is 24.4 Å². The maximum atomic E-state index is 6.50. The van der Waals surface area contributed by atoms with Gasteiger partial charge in [-0.1, -0.05) is 53.5 Å². The molecule has 1 atom stereocenters. The van der Waals surface area contributed by atoms with E-state index in [-0.39, 0.29) is 12.0 Å². The van der Waals surface area contributed by atoms with Crippen LogP contribution in [0.2, 0.25) is 10.0 Å². The van der Waals surface area contributed by atoms with Crippen LogP contribution in [0.5, 0.6) is 0 Å². The van der Waals surface area contributed by atoms with Crippen molar-refractivity contribution < 1.29 is 0 Å². The predicted molar refractivity (Wildman–Crippen MR) is 119 cm³/mol. The van der Waals surface area contributed by atoms with E-state index >= 15 is 0 Å². The molecular formula is C20H16BrCl2N5. The number of nitriles is 1. The Balaban J connectivity index is 0.00000136. The van der Waals surface area contributed by atoms with Crippen LogP contribution < -0.4 is 11.1 Å². The van der Waals surface area contributed by atoms with Gasteiger partial charge < -0.3 is 11.1 Å². The Labute approximate surface area is 182 Å². The number of nitrogens with zero attached hydrogens (tertiary/aromatic N) is 3. The summed E-state index contributed by atoms with van der Waals surface area (Å²) in [4.78, 5) is 9.09. The molecule has 142 valence electrons. The largest absolute Gasteiger partial charge is 0.370 e. The summed E-state index contributed by atoms with van der Waals surface area (Å²) in [5.74, 6) is 0.252. The van der Waals surface area contributed by atoms with Crippen LogP contribution in [0, 0.1) is 11.8 Å². The van der Waals surface area contributed by atoms with E-state index in [4.69, 9.17) is 34.2 Å². The number of nitrogens with one attached hydrogen (secondary N) is 1. The number of pyridine rings is 1. The van der Waals surface area contributed by atoms with Crippen molar-refractivity contribution in [1.82, 2.24) is 4.98 Å². The van der Waals surface area contributed by atoms with Crippen molar-refractivity contribution in [2.45, 2.75) is 6.04 Å². The molecule has 0 amide bonds. The Bertz CT molecular complexity index is 959. The van der Waals surface area contributed by atoms with Gasteiger partial charge >= 0.3 is 0 Å². The summed E-state index contributed by atoms with van der Waals surface area (Å²) in [6, 6.07) is 18.5. The van der Waals surface area contributed by atoms with Gasteiger partial charge in [0.05, 0.1) is 15.7 Å². The minimum atomic E-state index is -0.334. The molecule has 0 aliphatic heterocycles. The van der Waals surface area contributed by atoms with E-state index in [1.165, 1.54) is 0 Å². The Morgan fingerprint density at radius 2 is 1.79 bits per heavy atom. The van der Waals surface area contributed by atoms with Crippen LogP contribution in [0.4, 0.5) is 5.69 Å². The molecule has 0 bridgehead atoms. The van der Waals surface area contributed by atoms with Crippen molar-refractivity contribution in [3.8, 4) is 6.57 Å². The number of guanidine groups is 1. The van der Waals surface area contributed by atoms with Gasteiger partial charge in [-0.2, -0.15) is 0 Å². The Kier molecular flexibility index (Phi) is 8.27. The summed E-state index contributed by atoms with van der Waals surface area (Å²) in [6.45, 7) is 3.50. The standard InChI is InChI=1S/C19H15BrCl2N4.CHN/c20-13-6-9-17(24-11-13)18(12-4-2-1-3-5-12)26-19(23)25-14-7-8-15(21)16(22)10-14;1-2/h1-11,18H,(H3,23,25,26);1H/t18-;/m0./s1. The molecule has 8 heteroatoms. The van der Waals surface area contributed by atoms with Crippen molar-refractivity contribution in [2.75, 3.05) is 5.32 Å². The van der Waals surface area contributed by atoms with Crippen LogP contribution in [0.25, 0.3) is 0 Å². The molecule has 1 aromatic heterocycles. The molecule has 28 heavy (non-hydrogen) atoms. The molecule has 3 rings (SSSR count). The van der Waals surface area contributed by atoms with E-state index in [0.29, 0.717) is 15.7 Å². The Morgan fingerprint density at radius 1 is 1.07 bits per heavy atom.